The second-order valence-corrected chi connectivity index (χ2v) is 8.39. The first kappa shape index (κ1) is 22.7. The molecule has 2 heterocycles. The van der Waals surface area contributed by atoms with Gasteiger partial charge in [0.2, 0.25) is 0 Å². The smallest absolute Gasteiger partial charge is 0.163 e. The number of aromatic nitrogens is 1. The molecule has 0 radical (unpaired) electrons. The maximum Gasteiger partial charge on any atom is 0.163 e. The molecule has 0 unspecified atom stereocenters. The number of aliphatic hydroxyl groups is 4. The SMILES string of the molecule is COc1ccc(Cc2cn([C@@H]3O[C@H](CO)[C@@H](O)[C@H](O)[C@H]3O)c3cc(C)cc(C)c23)c(F)c1. The Labute approximate surface area is 185 Å². The number of hydrogen-bond acceptors (Lipinski definition) is 6. The summed E-state index contributed by atoms with van der Waals surface area (Å²) in [5.74, 6) is 0.0460. The summed E-state index contributed by atoms with van der Waals surface area (Å²) in [7, 11) is 1.48. The Kier molecular flexibility index (Phi) is 6.24. The highest BCUT2D eigenvalue weighted by molar-refractivity contribution is 5.88. The van der Waals surface area contributed by atoms with E-state index >= 15 is 0 Å². The quantitative estimate of drug-likeness (QED) is 0.479. The molecule has 172 valence electrons. The van der Waals surface area contributed by atoms with E-state index in [1.54, 1.807) is 22.9 Å². The molecule has 1 aliphatic heterocycles. The van der Waals surface area contributed by atoms with Crippen LogP contribution in [0, 0.1) is 19.7 Å². The van der Waals surface area contributed by atoms with Crippen molar-refractivity contribution >= 4 is 10.9 Å². The van der Waals surface area contributed by atoms with E-state index in [0.29, 0.717) is 17.7 Å². The van der Waals surface area contributed by atoms with Crippen molar-refractivity contribution in [3.05, 3.63) is 64.6 Å². The van der Waals surface area contributed by atoms with Crippen molar-refractivity contribution in [1.29, 1.82) is 0 Å². The van der Waals surface area contributed by atoms with Crippen LogP contribution in [0.3, 0.4) is 0 Å². The van der Waals surface area contributed by atoms with Gasteiger partial charge in [0.05, 0.1) is 19.2 Å². The summed E-state index contributed by atoms with van der Waals surface area (Å²) in [5, 5.41) is 41.5. The van der Waals surface area contributed by atoms with Gasteiger partial charge in [0.15, 0.2) is 6.23 Å². The molecular weight excluding hydrogens is 417 g/mol. The molecule has 1 fully saturated rings. The molecule has 5 atom stereocenters. The monoisotopic (exact) mass is 445 g/mol. The van der Waals surface area contributed by atoms with E-state index in [2.05, 4.69) is 0 Å². The number of aliphatic hydroxyl groups excluding tert-OH is 4. The van der Waals surface area contributed by atoms with Crippen LogP contribution in [0.15, 0.2) is 36.5 Å². The third-order valence-corrected chi connectivity index (χ3v) is 6.14. The van der Waals surface area contributed by atoms with Gasteiger partial charge in [-0.2, -0.15) is 0 Å². The van der Waals surface area contributed by atoms with Crippen LogP contribution in [0.2, 0.25) is 0 Å². The predicted molar refractivity (Wildman–Crippen MR) is 116 cm³/mol. The zero-order valence-corrected chi connectivity index (χ0v) is 18.2. The molecule has 0 amide bonds. The molecule has 3 aromatic rings. The number of ether oxygens (including phenoxy) is 2. The number of rotatable bonds is 5. The van der Waals surface area contributed by atoms with E-state index in [9.17, 15) is 24.8 Å². The van der Waals surface area contributed by atoms with Crippen LogP contribution in [-0.2, 0) is 11.2 Å². The van der Waals surface area contributed by atoms with Crippen LogP contribution < -0.4 is 4.74 Å². The Morgan fingerprint density at radius 2 is 1.78 bits per heavy atom. The average Bonchev–Trinajstić information content (AvgIpc) is 3.11. The molecule has 0 aliphatic carbocycles. The van der Waals surface area contributed by atoms with Crippen LogP contribution in [0.1, 0.15) is 28.5 Å². The highest BCUT2D eigenvalue weighted by atomic mass is 19.1. The predicted octanol–water partition coefficient (Wildman–Crippen LogP) is 1.97. The third kappa shape index (κ3) is 3.89. The summed E-state index contributed by atoms with van der Waals surface area (Å²) in [4.78, 5) is 0. The first-order valence-electron chi connectivity index (χ1n) is 10.5. The molecule has 7 nitrogen and oxygen atoms in total. The van der Waals surface area contributed by atoms with Gasteiger partial charge in [-0.1, -0.05) is 12.1 Å². The van der Waals surface area contributed by atoms with Crippen LogP contribution in [-0.4, -0.2) is 63.1 Å². The third-order valence-electron chi connectivity index (χ3n) is 6.14. The van der Waals surface area contributed by atoms with Crippen molar-refractivity contribution in [2.45, 2.75) is 50.9 Å². The maximum absolute atomic E-state index is 14.7. The van der Waals surface area contributed by atoms with Crippen LogP contribution in [0.5, 0.6) is 5.75 Å². The van der Waals surface area contributed by atoms with Crippen molar-refractivity contribution in [3.8, 4) is 5.75 Å². The number of fused-ring (bicyclic) bond motifs is 1. The minimum absolute atomic E-state index is 0.292. The standard InChI is InChI=1S/C24H28FNO6/c1-12-6-13(2)20-15(8-14-4-5-16(31-3)9-17(14)25)10-26(18(20)7-12)24-23(30)22(29)21(28)19(11-27)32-24/h4-7,9-10,19,21-24,27-30H,8,11H2,1-3H3/t19-,21-,22+,23-,24-/m1/s1. The van der Waals surface area contributed by atoms with Crippen molar-refractivity contribution in [2.24, 2.45) is 0 Å². The molecule has 4 rings (SSSR count). The zero-order valence-electron chi connectivity index (χ0n) is 18.2. The number of hydrogen-bond donors (Lipinski definition) is 4. The van der Waals surface area contributed by atoms with Gasteiger partial charge in [0.25, 0.3) is 0 Å². The molecule has 1 saturated heterocycles. The number of benzene rings is 2. The van der Waals surface area contributed by atoms with Gasteiger partial charge >= 0.3 is 0 Å². The fraction of sp³-hybridized carbons (Fsp3) is 0.417. The molecule has 4 N–H and O–H groups in total. The summed E-state index contributed by atoms with van der Waals surface area (Å²) >= 11 is 0. The second-order valence-electron chi connectivity index (χ2n) is 8.39. The summed E-state index contributed by atoms with van der Waals surface area (Å²) in [5.41, 5.74) is 4.02. The highest BCUT2D eigenvalue weighted by Crippen LogP contribution is 2.36. The summed E-state index contributed by atoms with van der Waals surface area (Å²) < 4.78 is 27.2. The first-order valence-corrected chi connectivity index (χ1v) is 10.5. The fourth-order valence-corrected chi connectivity index (χ4v) is 4.53. The van der Waals surface area contributed by atoms with E-state index in [4.69, 9.17) is 9.47 Å². The van der Waals surface area contributed by atoms with Gasteiger partial charge in [-0.3, -0.25) is 0 Å². The summed E-state index contributed by atoms with van der Waals surface area (Å²) in [6, 6.07) is 8.66. The lowest BCUT2D eigenvalue weighted by Gasteiger charge is -2.40. The summed E-state index contributed by atoms with van der Waals surface area (Å²) in [6.45, 7) is 3.39. The minimum atomic E-state index is -1.49. The van der Waals surface area contributed by atoms with Crippen LogP contribution in [0.4, 0.5) is 4.39 Å². The van der Waals surface area contributed by atoms with Gasteiger partial charge in [-0.25, -0.2) is 4.39 Å². The van der Waals surface area contributed by atoms with Gasteiger partial charge in [-0.05, 0) is 48.2 Å². The largest absolute Gasteiger partial charge is 0.497 e. The topological polar surface area (TPSA) is 104 Å². The number of halogens is 1. The Morgan fingerprint density at radius 1 is 1.03 bits per heavy atom. The number of nitrogens with zero attached hydrogens (tertiary/aromatic N) is 1. The van der Waals surface area contributed by atoms with Crippen LogP contribution >= 0.6 is 0 Å². The maximum atomic E-state index is 14.7. The molecule has 32 heavy (non-hydrogen) atoms. The van der Waals surface area contributed by atoms with E-state index in [1.807, 2.05) is 26.0 Å². The van der Waals surface area contributed by atoms with E-state index < -0.39 is 37.3 Å². The molecule has 1 aliphatic rings. The van der Waals surface area contributed by atoms with Crippen molar-refractivity contribution in [3.63, 3.8) is 0 Å². The highest BCUT2D eigenvalue weighted by Gasteiger charge is 2.44. The lowest BCUT2D eigenvalue weighted by molar-refractivity contribution is -0.250. The van der Waals surface area contributed by atoms with Gasteiger partial charge < -0.3 is 34.5 Å². The molecule has 0 bridgehead atoms. The van der Waals surface area contributed by atoms with Gasteiger partial charge in [0.1, 0.15) is 36.0 Å². The Balaban J connectivity index is 1.83. The Hall–Kier alpha value is -2.49. The van der Waals surface area contributed by atoms with Crippen molar-refractivity contribution in [1.82, 2.24) is 4.57 Å². The Bertz CT molecular complexity index is 1130. The normalized spacial score (nSPS) is 25.9. The van der Waals surface area contributed by atoms with Gasteiger partial charge in [0, 0.05) is 24.1 Å². The lowest BCUT2D eigenvalue weighted by Crippen LogP contribution is -2.56. The molecule has 0 spiro atoms. The Morgan fingerprint density at radius 3 is 2.44 bits per heavy atom. The number of methoxy groups -OCH3 is 1. The fourth-order valence-electron chi connectivity index (χ4n) is 4.53. The number of aryl methyl sites for hydroxylation is 2. The van der Waals surface area contributed by atoms with E-state index in [-0.39, 0.29) is 5.82 Å². The lowest BCUT2D eigenvalue weighted by atomic mass is 9.98. The molecule has 8 heteroatoms. The van der Waals surface area contributed by atoms with Gasteiger partial charge in [-0.15, -0.1) is 0 Å². The van der Waals surface area contributed by atoms with Crippen molar-refractivity contribution in [2.75, 3.05) is 13.7 Å². The van der Waals surface area contributed by atoms with Crippen LogP contribution in [0.25, 0.3) is 10.9 Å². The van der Waals surface area contributed by atoms with Crippen molar-refractivity contribution < 1.29 is 34.3 Å². The first-order chi connectivity index (χ1) is 15.2. The molecule has 2 aromatic carbocycles. The zero-order chi connectivity index (χ0) is 23.2. The van der Waals surface area contributed by atoms with E-state index in [0.717, 1.165) is 27.6 Å². The summed E-state index contributed by atoms with van der Waals surface area (Å²) in [6.07, 6.45) is -4.35. The molecular formula is C24H28FNO6. The second kappa shape index (κ2) is 8.80. The minimum Gasteiger partial charge on any atom is -0.497 e. The molecule has 0 saturated carbocycles. The average molecular weight is 445 g/mol. The van der Waals surface area contributed by atoms with E-state index in [1.165, 1.54) is 13.2 Å². The molecule has 1 aromatic heterocycles.